The van der Waals surface area contributed by atoms with Gasteiger partial charge in [-0.15, -0.1) is 0 Å². The molecule has 3 aliphatic carbocycles. The number of imidazole rings is 1. The quantitative estimate of drug-likeness (QED) is 0.0161. The molecule has 105 heavy (non-hydrogen) atoms. The Morgan fingerprint density at radius 2 is 0.886 bits per heavy atom. The van der Waals surface area contributed by atoms with Crippen LogP contribution in [-0.4, -0.2) is 127 Å². The molecular weight excluding hydrogens is 1400 g/mol. The van der Waals surface area contributed by atoms with Crippen LogP contribution in [0.1, 0.15) is 188 Å². The van der Waals surface area contributed by atoms with Crippen molar-refractivity contribution in [3.05, 3.63) is 141 Å². The number of nitrogens with zero attached hydrogens (tertiary/aromatic N) is 2. The number of aliphatic carboxylic acids is 1. The maximum Gasteiger partial charge on any atom is 0.300 e. The highest BCUT2D eigenvalue weighted by Crippen LogP contribution is 2.39. The van der Waals surface area contributed by atoms with E-state index in [4.69, 9.17) is 90.8 Å². The number of para-hydroxylation sites is 4. The first-order valence-electron chi connectivity index (χ1n) is 35.7. The van der Waals surface area contributed by atoms with Crippen LogP contribution in [0.25, 0.3) is 11.0 Å². The number of methoxy groups -OCH3 is 1. The van der Waals surface area contributed by atoms with Crippen LogP contribution >= 0.6 is 34.8 Å². The van der Waals surface area contributed by atoms with Crippen molar-refractivity contribution in [1.29, 1.82) is 10.7 Å². The Morgan fingerprint density at radius 1 is 0.552 bits per heavy atom. The molecule has 24 nitrogen and oxygen atoms in total. The summed E-state index contributed by atoms with van der Waals surface area (Å²) < 4.78 is 21.9. The molecule has 3 unspecified atom stereocenters. The average Bonchev–Trinajstić information content (AvgIpc) is 1.71. The van der Waals surface area contributed by atoms with Crippen molar-refractivity contribution in [2.24, 2.45) is 29.6 Å². The van der Waals surface area contributed by atoms with Gasteiger partial charge in [0.2, 0.25) is 17.7 Å². The Hall–Kier alpha value is -9.31. The monoisotopic (exact) mass is 1510 g/mol. The Morgan fingerprint density at radius 3 is 1.19 bits per heavy atom. The van der Waals surface area contributed by atoms with Crippen LogP contribution in [0.15, 0.2) is 103 Å². The molecule has 27 heteroatoms. The van der Waals surface area contributed by atoms with Gasteiger partial charge < -0.3 is 72.4 Å². The third kappa shape index (κ3) is 28.9. The van der Waals surface area contributed by atoms with E-state index < -0.39 is 24.1 Å². The van der Waals surface area contributed by atoms with E-state index in [-0.39, 0.29) is 65.6 Å². The second-order valence-electron chi connectivity index (χ2n) is 27.2. The number of aromatic amines is 1. The summed E-state index contributed by atoms with van der Waals surface area (Å²) in [5, 5.41) is 41.9. The van der Waals surface area contributed by atoms with Gasteiger partial charge in [0, 0.05) is 62.5 Å². The summed E-state index contributed by atoms with van der Waals surface area (Å²) in [6.45, 7) is 12.5. The molecule has 3 fully saturated rings. The van der Waals surface area contributed by atoms with E-state index in [1.807, 2.05) is 77.9 Å². The summed E-state index contributed by atoms with van der Waals surface area (Å²) in [7, 11) is 6.24. The lowest BCUT2D eigenvalue weighted by Gasteiger charge is -2.30. The minimum atomic E-state index is -0.833. The number of hydrogen-bond acceptors (Lipinski definition) is 16. The zero-order valence-electron chi connectivity index (χ0n) is 62.0. The number of nitrogens with two attached hydrogens (primary N) is 2. The summed E-state index contributed by atoms with van der Waals surface area (Å²) in [5.41, 5.74) is 15.3. The maximum atomic E-state index is 12.9. The number of carboxylic acids is 1. The van der Waals surface area contributed by atoms with Crippen LogP contribution in [-0.2, 0) is 23.9 Å². The molecule has 13 N–H and O–H groups in total. The number of likely N-dealkylation sites (N-methyl/N-ethyl adjacent to an activating group) is 3. The zero-order valence-corrected chi connectivity index (χ0v) is 64.2. The van der Waals surface area contributed by atoms with Crippen LogP contribution < -0.4 is 57.6 Å². The van der Waals surface area contributed by atoms with E-state index in [0.29, 0.717) is 109 Å². The first-order valence-corrected chi connectivity index (χ1v) is 36.8. The molecular formula is C78H105Cl3N12O12. The zero-order chi connectivity index (χ0) is 77.4. The molecule has 0 spiro atoms. The molecule has 0 bridgehead atoms. The van der Waals surface area contributed by atoms with Gasteiger partial charge in [0.15, 0.2) is 5.90 Å². The number of nitriles is 1. The predicted octanol–water partition coefficient (Wildman–Crippen LogP) is 13.6. The van der Waals surface area contributed by atoms with Crippen LogP contribution in [0.4, 0.5) is 11.4 Å². The fourth-order valence-corrected chi connectivity index (χ4v) is 13.3. The number of hydrogen-bond donors (Lipinski definition) is 11. The van der Waals surface area contributed by atoms with Gasteiger partial charge in [0.05, 0.1) is 69.0 Å². The number of nitrogen functional groups attached to an aromatic ring is 2. The highest BCUT2D eigenvalue weighted by Gasteiger charge is 2.33. The Balaban J connectivity index is 0.000000263. The van der Waals surface area contributed by atoms with Crippen molar-refractivity contribution in [2.45, 2.75) is 187 Å². The molecule has 6 amide bonds. The number of fused-ring (bicyclic) bond motifs is 1. The number of ether oxygens (including phenoxy) is 4. The maximum absolute atomic E-state index is 12.9. The number of carbonyl (C=O) groups excluding carboxylic acids is 6. The minimum Gasteiger partial charge on any atom is -0.489 e. The highest BCUT2D eigenvalue weighted by molar-refractivity contribution is 6.33. The predicted molar refractivity (Wildman–Crippen MR) is 412 cm³/mol. The van der Waals surface area contributed by atoms with Gasteiger partial charge in [-0.2, -0.15) is 5.26 Å². The standard InChI is InChI=1S/C27H33ClN4O3.C22H32ClN3O4.C21H28ClN3O3.C6H8N2.C2H4O2/c1-16(2)35-24-13-12-19(15-20(24)28)26(33)32-23(27(34)29-3)14-17-8-10-18(11-9-17)25-30-21-6-4-5-7-22(21)31-25;1-13(2)30-19-10-9-16(12-17(19)23)21(27)26-18(22(28)25-3)11-14-5-7-15(8-6-14)20(24)29-4;1-13(2)28-19-9-8-16(11-17(19)22)20(26)25-18(21(27)24-3)10-14-4-6-15(12-23)7-5-14;7-5-3-1-2-4-6(5)8;1-2(3)4/h4-7,12-13,15-18,23H,8-11,14H2,1-3H3,(H,29,34)(H,30,31)(H,32,33);9-10,12-15,18,24H,5-8,11H2,1-4H3,(H,25,28)(H,26,27);8-9,11,13-15,18H,4-7,10H2,1-3H3,(H,24,27)(H,25,26);1-4H,7-8H2;1H3,(H,3,4). The molecule has 6 aromatic rings. The lowest BCUT2D eigenvalue weighted by Crippen LogP contribution is -2.47. The molecule has 0 saturated heterocycles. The second-order valence-corrected chi connectivity index (χ2v) is 28.4. The summed E-state index contributed by atoms with van der Waals surface area (Å²) in [5.74, 6) is 2.06. The largest absolute Gasteiger partial charge is 0.489 e. The number of halogens is 3. The third-order valence-corrected chi connectivity index (χ3v) is 19.0. The van der Waals surface area contributed by atoms with Gasteiger partial charge in [0.1, 0.15) is 41.2 Å². The van der Waals surface area contributed by atoms with E-state index in [1.54, 1.807) is 87.9 Å². The third-order valence-electron chi connectivity index (χ3n) is 18.1. The number of H-pyrrole nitrogens is 1. The summed E-state index contributed by atoms with van der Waals surface area (Å²) in [4.78, 5) is 92.8. The molecule has 5 aromatic carbocycles. The molecule has 0 aliphatic heterocycles. The topological polar surface area (TPSA) is 377 Å². The lowest BCUT2D eigenvalue weighted by atomic mass is 9.79. The molecule has 0 radical (unpaired) electrons. The number of aromatic nitrogens is 2. The second kappa shape index (κ2) is 43.8. The molecule has 1 heterocycles. The van der Waals surface area contributed by atoms with E-state index >= 15 is 0 Å². The van der Waals surface area contributed by atoms with Crippen LogP contribution in [0.2, 0.25) is 15.1 Å². The van der Waals surface area contributed by atoms with Crippen LogP contribution in [0.3, 0.4) is 0 Å². The van der Waals surface area contributed by atoms with Crippen molar-refractivity contribution in [2.75, 3.05) is 39.7 Å². The van der Waals surface area contributed by atoms with Crippen molar-refractivity contribution < 1.29 is 57.6 Å². The number of benzene rings is 5. The number of carbonyl (C=O) groups is 7. The van der Waals surface area contributed by atoms with Gasteiger partial charge in [-0.1, -0.05) is 59.1 Å². The molecule has 3 atom stereocenters. The van der Waals surface area contributed by atoms with Gasteiger partial charge in [-0.05, 0) is 234 Å². The van der Waals surface area contributed by atoms with Crippen molar-refractivity contribution >= 4 is 105 Å². The number of amides is 6. The summed E-state index contributed by atoms with van der Waals surface area (Å²) >= 11 is 18.8. The van der Waals surface area contributed by atoms with Gasteiger partial charge in [0.25, 0.3) is 23.7 Å². The Kier molecular flexibility index (Phi) is 36.0. The molecule has 3 saturated carbocycles. The van der Waals surface area contributed by atoms with Gasteiger partial charge in [-0.3, -0.25) is 39.0 Å². The highest BCUT2D eigenvalue weighted by atomic mass is 35.5. The van der Waals surface area contributed by atoms with E-state index in [9.17, 15) is 28.8 Å². The first kappa shape index (κ1) is 86.3. The van der Waals surface area contributed by atoms with Crippen molar-refractivity contribution in [3.8, 4) is 23.3 Å². The summed E-state index contributed by atoms with van der Waals surface area (Å²) in [6, 6.07) is 30.4. The fraction of sp³-hybridized carbons (Fsp3) is 0.487. The molecule has 9 rings (SSSR count). The molecule has 570 valence electrons. The number of carboxylic acid groups (broad SMARTS) is 1. The van der Waals surface area contributed by atoms with Crippen molar-refractivity contribution in [3.63, 3.8) is 0 Å². The number of nitrogens with one attached hydrogen (secondary N) is 8. The van der Waals surface area contributed by atoms with Crippen LogP contribution in [0, 0.1) is 46.3 Å². The average molecular weight is 1510 g/mol. The first-order chi connectivity index (χ1) is 49.9. The van der Waals surface area contributed by atoms with E-state index in [1.165, 1.54) is 7.11 Å². The lowest BCUT2D eigenvalue weighted by molar-refractivity contribution is -0.134. The normalized spacial score (nSPS) is 18.2. The SMILES string of the molecule is CC(=O)O.CNC(=O)C(CC1CCC(C#N)CC1)NC(=O)c1ccc(OC(C)C)c(Cl)c1.CNC(=O)C(CC1CCC(C(=N)OC)CC1)NC(=O)c1ccc(OC(C)C)c(Cl)c1.CNC(=O)C(CC1CCC(c2nc3ccccc3[nH]2)CC1)NC(=O)c1ccc(OC(C)C)c(Cl)c1.Nc1ccccc1N. The molecule has 1 aromatic heterocycles. The van der Waals surface area contributed by atoms with E-state index in [2.05, 4.69) is 43.0 Å². The fourth-order valence-electron chi connectivity index (χ4n) is 12.6. The smallest absolute Gasteiger partial charge is 0.300 e. The number of anilines is 2. The van der Waals surface area contributed by atoms with Crippen molar-refractivity contribution in [1.82, 2.24) is 41.9 Å². The van der Waals surface area contributed by atoms with Crippen LogP contribution in [0.5, 0.6) is 17.2 Å². The number of rotatable bonds is 23. The Labute approximate surface area is 631 Å². The summed E-state index contributed by atoms with van der Waals surface area (Å²) in [6.07, 6.45) is 12.6. The Bertz CT molecular complexity index is 3820. The molecule has 3 aliphatic rings. The minimum absolute atomic E-state index is 0.0215. The van der Waals surface area contributed by atoms with Gasteiger partial charge >= 0.3 is 0 Å². The van der Waals surface area contributed by atoms with E-state index in [0.717, 1.165) is 101 Å². The van der Waals surface area contributed by atoms with Gasteiger partial charge in [-0.25, -0.2) is 4.98 Å².